The van der Waals surface area contributed by atoms with E-state index in [9.17, 15) is 17.6 Å². The summed E-state index contributed by atoms with van der Waals surface area (Å²) < 4.78 is 51.7. The molecule has 0 spiro atoms. The first-order valence-corrected chi connectivity index (χ1v) is 4.98. The quantitative estimate of drug-likeness (QED) is 0.494. The predicted molar refractivity (Wildman–Crippen MR) is 58.7 cm³/mol. The molecule has 2 aromatic carbocycles. The second kappa shape index (κ2) is 4.92. The van der Waals surface area contributed by atoms with E-state index in [0.717, 1.165) is 24.3 Å². The molecule has 0 bridgehead atoms. The molecule has 0 aliphatic rings. The van der Waals surface area contributed by atoms with E-state index in [0.29, 0.717) is 12.1 Å². The molecule has 0 saturated heterocycles. The standard InChI is InChI=1S/C14H6F4/c15-11-5-3-9(13(17)7-11)1-2-10-4-6-12(16)8-14(10)18/h3-8H. The second-order valence-corrected chi connectivity index (χ2v) is 3.50. The summed E-state index contributed by atoms with van der Waals surface area (Å²) in [6.45, 7) is 0. The van der Waals surface area contributed by atoms with Gasteiger partial charge in [-0.2, -0.15) is 0 Å². The van der Waals surface area contributed by atoms with Gasteiger partial charge in [0.25, 0.3) is 0 Å². The third-order valence-corrected chi connectivity index (χ3v) is 2.19. The lowest BCUT2D eigenvalue weighted by Gasteiger charge is -1.95. The fourth-order valence-electron chi connectivity index (χ4n) is 1.32. The Morgan fingerprint density at radius 2 is 1.00 bits per heavy atom. The molecule has 0 fully saturated rings. The third-order valence-electron chi connectivity index (χ3n) is 2.19. The van der Waals surface area contributed by atoms with Crippen LogP contribution in [0.3, 0.4) is 0 Å². The van der Waals surface area contributed by atoms with Crippen LogP contribution in [0.5, 0.6) is 0 Å². The molecule has 0 N–H and O–H groups in total. The summed E-state index contributed by atoms with van der Waals surface area (Å²) in [4.78, 5) is 0. The van der Waals surface area contributed by atoms with E-state index in [1.807, 2.05) is 0 Å². The average molecular weight is 250 g/mol. The smallest absolute Gasteiger partial charge is 0.141 e. The van der Waals surface area contributed by atoms with Crippen LogP contribution in [0.25, 0.3) is 0 Å². The van der Waals surface area contributed by atoms with Crippen molar-refractivity contribution in [1.29, 1.82) is 0 Å². The molecule has 0 aliphatic heterocycles. The monoisotopic (exact) mass is 250 g/mol. The van der Waals surface area contributed by atoms with Crippen molar-refractivity contribution in [3.05, 3.63) is 70.8 Å². The topological polar surface area (TPSA) is 0 Å². The van der Waals surface area contributed by atoms with Gasteiger partial charge in [0.1, 0.15) is 23.3 Å². The maximum atomic E-state index is 13.2. The maximum absolute atomic E-state index is 13.2. The Hall–Kier alpha value is -2.28. The molecular formula is C14H6F4. The molecule has 0 nitrogen and oxygen atoms in total. The first-order valence-electron chi connectivity index (χ1n) is 4.98. The molecular weight excluding hydrogens is 244 g/mol. The van der Waals surface area contributed by atoms with E-state index >= 15 is 0 Å². The van der Waals surface area contributed by atoms with E-state index in [4.69, 9.17) is 0 Å². The van der Waals surface area contributed by atoms with Gasteiger partial charge in [0, 0.05) is 12.1 Å². The van der Waals surface area contributed by atoms with Crippen molar-refractivity contribution in [2.75, 3.05) is 0 Å². The Balaban J connectivity index is 2.37. The molecule has 0 radical (unpaired) electrons. The van der Waals surface area contributed by atoms with Crippen LogP contribution in [0.15, 0.2) is 36.4 Å². The molecule has 0 unspecified atom stereocenters. The maximum Gasteiger partial charge on any atom is 0.141 e. The Kier molecular flexibility index (Phi) is 3.33. The molecule has 90 valence electrons. The molecule has 2 aromatic rings. The molecule has 2 rings (SSSR count). The van der Waals surface area contributed by atoms with Crippen molar-refractivity contribution in [2.45, 2.75) is 0 Å². The van der Waals surface area contributed by atoms with Crippen LogP contribution in [0, 0.1) is 35.1 Å². The summed E-state index contributed by atoms with van der Waals surface area (Å²) in [6.07, 6.45) is 0. The lowest BCUT2D eigenvalue weighted by atomic mass is 10.1. The van der Waals surface area contributed by atoms with Gasteiger partial charge in [-0.3, -0.25) is 0 Å². The van der Waals surface area contributed by atoms with Crippen LogP contribution < -0.4 is 0 Å². The van der Waals surface area contributed by atoms with Crippen LogP contribution in [-0.4, -0.2) is 0 Å². The minimum atomic E-state index is -0.829. The van der Waals surface area contributed by atoms with Gasteiger partial charge in [-0.25, -0.2) is 17.6 Å². The zero-order valence-corrected chi connectivity index (χ0v) is 8.98. The van der Waals surface area contributed by atoms with Gasteiger partial charge in [0.2, 0.25) is 0 Å². The fraction of sp³-hybridized carbons (Fsp3) is 0. The first-order chi connectivity index (χ1) is 8.56. The highest BCUT2D eigenvalue weighted by molar-refractivity contribution is 5.43. The Morgan fingerprint density at radius 1 is 0.611 bits per heavy atom. The van der Waals surface area contributed by atoms with Gasteiger partial charge in [0.05, 0.1) is 11.1 Å². The van der Waals surface area contributed by atoms with E-state index in [1.165, 1.54) is 0 Å². The molecule has 18 heavy (non-hydrogen) atoms. The zero-order valence-electron chi connectivity index (χ0n) is 8.98. The highest BCUT2D eigenvalue weighted by Crippen LogP contribution is 2.10. The average Bonchev–Trinajstić information content (AvgIpc) is 2.30. The van der Waals surface area contributed by atoms with E-state index < -0.39 is 23.3 Å². The summed E-state index contributed by atoms with van der Waals surface area (Å²) in [5.74, 6) is 1.63. The van der Waals surface area contributed by atoms with Crippen molar-refractivity contribution in [2.24, 2.45) is 0 Å². The van der Waals surface area contributed by atoms with E-state index in [2.05, 4.69) is 11.8 Å². The van der Waals surface area contributed by atoms with Crippen LogP contribution in [0.4, 0.5) is 17.6 Å². The van der Waals surface area contributed by atoms with Gasteiger partial charge < -0.3 is 0 Å². The largest absolute Gasteiger partial charge is 0.207 e. The Morgan fingerprint density at radius 3 is 1.33 bits per heavy atom. The second-order valence-electron chi connectivity index (χ2n) is 3.50. The van der Waals surface area contributed by atoms with Crippen LogP contribution in [0.2, 0.25) is 0 Å². The molecule has 0 heterocycles. The molecule has 4 heteroatoms. The Bertz CT molecular complexity index is 595. The van der Waals surface area contributed by atoms with Crippen molar-refractivity contribution in [3.8, 4) is 11.8 Å². The lowest BCUT2D eigenvalue weighted by molar-refractivity contribution is 0.579. The summed E-state index contributed by atoms with van der Waals surface area (Å²) in [5, 5.41) is 0. The highest BCUT2D eigenvalue weighted by atomic mass is 19.1. The summed E-state index contributed by atoms with van der Waals surface area (Å²) in [5.41, 5.74) is -0.111. The minimum absolute atomic E-state index is 0.0554. The van der Waals surface area contributed by atoms with Crippen molar-refractivity contribution < 1.29 is 17.6 Å². The summed E-state index contributed by atoms with van der Waals surface area (Å²) in [6, 6.07) is 5.77. The first kappa shape index (κ1) is 12.2. The van der Waals surface area contributed by atoms with Crippen molar-refractivity contribution in [1.82, 2.24) is 0 Å². The molecule has 0 atom stereocenters. The van der Waals surface area contributed by atoms with Crippen molar-refractivity contribution in [3.63, 3.8) is 0 Å². The zero-order chi connectivity index (χ0) is 13.1. The molecule has 0 aromatic heterocycles. The number of rotatable bonds is 0. The van der Waals surface area contributed by atoms with Gasteiger partial charge in [-0.05, 0) is 24.3 Å². The highest BCUT2D eigenvalue weighted by Gasteiger charge is 2.02. The third kappa shape index (κ3) is 2.69. The van der Waals surface area contributed by atoms with E-state index in [1.54, 1.807) is 0 Å². The van der Waals surface area contributed by atoms with Gasteiger partial charge >= 0.3 is 0 Å². The number of hydrogen-bond acceptors (Lipinski definition) is 0. The fourth-order valence-corrected chi connectivity index (χ4v) is 1.32. The SMILES string of the molecule is Fc1ccc(C#Cc2ccc(F)cc2F)c(F)c1. The minimum Gasteiger partial charge on any atom is -0.207 e. The number of benzene rings is 2. The van der Waals surface area contributed by atoms with Crippen LogP contribution in [0.1, 0.15) is 11.1 Å². The van der Waals surface area contributed by atoms with Gasteiger partial charge in [-0.1, -0.05) is 11.8 Å². The Labute approximate surface area is 101 Å². The van der Waals surface area contributed by atoms with Gasteiger partial charge in [0.15, 0.2) is 0 Å². The molecule has 0 amide bonds. The summed E-state index contributed by atoms with van der Waals surface area (Å²) >= 11 is 0. The molecule has 0 saturated carbocycles. The molecule has 0 aliphatic carbocycles. The van der Waals surface area contributed by atoms with Crippen LogP contribution in [-0.2, 0) is 0 Å². The van der Waals surface area contributed by atoms with E-state index in [-0.39, 0.29) is 11.1 Å². The number of hydrogen-bond donors (Lipinski definition) is 0. The normalized spacial score (nSPS) is 9.78. The van der Waals surface area contributed by atoms with Crippen molar-refractivity contribution >= 4 is 0 Å². The predicted octanol–water partition coefficient (Wildman–Crippen LogP) is 3.64. The summed E-state index contributed by atoms with van der Waals surface area (Å²) in [7, 11) is 0. The van der Waals surface area contributed by atoms with Crippen LogP contribution >= 0.6 is 0 Å². The van der Waals surface area contributed by atoms with Gasteiger partial charge in [-0.15, -0.1) is 0 Å². The number of halogens is 4. The lowest BCUT2D eigenvalue weighted by Crippen LogP contribution is -1.87.